The zero-order valence-corrected chi connectivity index (χ0v) is 11.5. The van der Waals surface area contributed by atoms with Gasteiger partial charge in [0.05, 0.1) is 5.88 Å². The number of rotatable bonds is 4. The van der Waals surface area contributed by atoms with E-state index in [1.54, 1.807) is 0 Å². The molecule has 1 aliphatic heterocycles. The molecule has 2 heterocycles. The highest BCUT2D eigenvalue weighted by Crippen LogP contribution is 2.28. The van der Waals surface area contributed by atoms with Gasteiger partial charge in [-0.3, -0.25) is 4.79 Å². The van der Waals surface area contributed by atoms with Crippen LogP contribution >= 0.6 is 11.8 Å². The Morgan fingerprint density at radius 2 is 2.25 bits per heavy atom. The van der Waals surface area contributed by atoms with Gasteiger partial charge in [0.25, 0.3) is 0 Å². The van der Waals surface area contributed by atoms with E-state index in [9.17, 15) is 23.3 Å². The van der Waals surface area contributed by atoms with Gasteiger partial charge >= 0.3 is 11.8 Å². The van der Waals surface area contributed by atoms with Gasteiger partial charge < -0.3 is 15.2 Å². The van der Waals surface area contributed by atoms with Crippen molar-refractivity contribution in [1.82, 2.24) is 9.29 Å². The van der Waals surface area contributed by atoms with Crippen LogP contribution in [0.5, 0.6) is 0 Å². The fourth-order valence-electron chi connectivity index (χ4n) is 1.63. The molecule has 0 amide bonds. The molecule has 1 aromatic heterocycles. The number of carboxylic acids is 1. The molecule has 20 heavy (non-hydrogen) atoms. The summed E-state index contributed by atoms with van der Waals surface area (Å²) in [5.41, 5.74) is 0. The highest BCUT2D eigenvalue weighted by Gasteiger charge is 2.40. The molecule has 9 nitrogen and oxygen atoms in total. The van der Waals surface area contributed by atoms with Crippen molar-refractivity contribution in [1.29, 1.82) is 0 Å². The largest absolute Gasteiger partial charge is 0.480 e. The van der Waals surface area contributed by atoms with Crippen molar-refractivity contribution in [2.75, 3.05) is 11.6 Å². The van der Waals surface area contributed by atoms with Crippen LogP contribution in [0.15, 0.2) is 23.2 Å². The topological polar surface area (TPSA) is 131 Å². The Kier molecular flexibility index (Phi) is 3.92. The van der Waals surface area contributed by atoms with Crippen molar-refractivity contribution < 1.29 is 23.2 Å². The molecule has 1 aliphatic rings. The number of hydrogen-bond donors (Lipinski definition) is 1. The van der Waals surface area contributed by atoms with E-state index >= 15 is 0 Å². The summed E-state index contributed by atoms with van der Waals surface area (Å²) >= 11 is 1.19. The molecular formula is C9H9N3O6S2. The van der Waals surface area contributed by atoms with Crippen molar-refractivity contribution in [2.24, 2.45) is 0 Å². The molecule has 1 atom stereocenters. The number of pyridine rings is 1. The fraction of sp³-hybridized carbons (Fsp3) is 0.333. The van der Waals surface area contributed by atoms with Gasteiger partial charge in [0.1, 0.15) is 10.9 Å². The molecule has 0 aromatic carbocycles. The monoisotopic (exact) mass is 319 g/mol. The molecule has 11 heteroatoms. The average Bonchev–Trinajstić information content (AvgIpc) is 2.89. The van der Waals surface area contributed by atoms with E-state index in [-0.39, 0.29) is 16.5 Å². The lowest BCUT2D eigenvalue weighted by Gasteiger charge is -2.19. The first kappa shape index (κ1) is 14.7. The first-order valence-corrected chi connectivity index (χ1v) is 7.86. The van der Waals surface area contributed by atoms with Gasteiger partial charge in [0, 0.05) is 11.8 Å². The number of aliphatic carboxylic acids is 1. The Labute approximate surface area is 117 Å². The van der Waals surface area contributed by atoms with Crippen molar-refractivity contribution in [3.05, 3.63) is 28.4 Å². The highest BCUT2D eigenvalue weighted by atomic mass is 32.2. The Morgan fingerprint density at radius 3 is 2.75 bits per heavy atom. The van der Waals surface area contributed by atoms with Gasteiger partial charge in [-0.2, -0.15) is 4.31 Å². The Balaban J connectivity index is 2.35. The van der Waals surface area contributed by atoms with Crippen LogP contribution in [-0.2, 0) is 14.8 Å². The van der Waals surface area contributed by atoms with E-state index in [2.05, 4.69) is 4.98 Å². The molecule has 0 radical (unpaired) electrons. The lowest BCUT2D eigenvalue weighted by atomic mass is 10.4. The molecule has 0 saturated carbocycles. The van der Waals surface area contributed by atoms with E-state index < -0.39 is 32.8 Å². The van der Waals surface area contributed by atoms with E-state index in [4.69, 9.17) is 5.11 Å². The van der Waals surface area contributed by atoms with Crippen molar-refractivity contribution in [3.8, 4) is 0 Å². The molecule has 1 N–H and O–H groups in total. The third-order valence-corrected chi connectivity index (χ3v) is 5.66. The first-order valence-electron chi connectivity index (χ1n) is 5.27. The van der Waals surface area contributed by atoms with Crippen molar-refractivity contribution in [3.63, 3.8) is 0 Å². The minimum absolute atomic E-state index is 0.0241. The predicted molar refractivity (Wildman–Crippen MR) is 68.7 cm³/mol. The molecule has 0 spiro atoms. The summed E-state index contributed by atoms with van der Waals surface area (Å²) in [6.45, 7) is 0. The van der Waals surface area contributed by atoms with Crippen molar-refractivity contribution >= 4 is 33.6 Å². The van der Waals surface area contributed by atoms with Gasteiger partial charge in [-0.05, 0) is 16.0 Å². The second-order valence-electron chi connectivity index (χ2n) is 3.86. The van der Waals surface area contributed by atoms with E-state index in [0.29, 0.717) is 0 Å². The molecule has 108 valence electrons. The van der Waals surface area contributed by atoms with Gasteiger partial charge in [0.2, 0.25) is 10.0 Å². The predicted octanol–water partition coefficient (Wildman–Crippen LogP) is 0.138. The zero-order valence-electron chi connectivity index (χ0n) is 9.87. The van der Waals surface area contributed by atoms with Gasteiger partial charge in [-0.15, -0.1) is 11.8 Å². The van der Waals surface area contributed by atoms with Gasteiger partial charge in [0.15, 0.2) is 6.20 Å². The molecule has 1 fully saturated rings. The normalized spacial score (nSPS) is 19.9. The maximum atomic E-state index is 12.3. The van der Waals surface area contributed by atoms with E-state index in [0.717, 1.165) is 22.6 Å². The second kappa shape index (κ2) is 5.34. The number of thioether (sulfide) groups is 1. The smallest absolute Gasteiger partial charge is 0.363 e. The molecule has 2 rings (SSSR count). The Bertz CT molecular complexity index is 644. The summed E-state index contributed by atoms with van der Waals surface area (Å²) in [4.78, 5) is 23.9. The maximum Gasteiger partial charge on any atom is 0.363 e. The van der Waals surface area contributed by atoms with Crippen LogP contribution in [0.4, 0.5) is 5.82 Å². The second-order valence-corrected chi connectivity index (χ2v) is 6.75. The number of carbonyl (C=O) groups is 1. The van der Waals surface area contributed by atoms with Gasteiger partial charge in [-0.1, -0.05) is 0 Å². The summed E-state index contributed by atoms with van der Waals surface area (Å²) in [6.07, 6.45) is 0.857. The molecule has 1 aromatic rings. The summed E-state index contributed by atoms with van der Waals surface area (Å²) in [6, 6.07) is 0.869. The van der Waals surface area contributed by atoms with Crippen LogP contribution in [0, 0.1) is 10.1 Å². The minimum Gasteiger partial charge on any atom is -0.480 e. The summed E-state index contributed by atoms with van der Waals surface area (Å²) < 4.78 is 25.4. The number of carboxylic acid groups (broad SMARTS) is 1. The number of hydrogen-bond acceptors (Lipinski definition) is 7. The SMILES string of the molecule is O=C(O)[C@@H]1CSCN1S(=O)(=O)c1ccc([N+](=O)[O-])nc1. The third-order valence-electron chi connectivity index (χ3n) is 2.64. The quantitative estimate of drug-likeness (QED) is 0.612. The van der Waals surface area contributed by atoms with Crippen LogP contribution < -0.4 is 0 Å². The minimum atomic E-state index is -4.03. The molecule has 0 aliphatic carbocycles. The lowest BCUT2D eigenvalue weighted by molar-refractivity contribution is -0.389. The highest BCUT2D eigenvalue weighted by molar-refractivity contribution is 8.00. The fourth-order valence-corrected chi connectivity index (χ4v) is 4.71. The standard InChI is InChI=1S/C9H9N3O6S2/c13-9(14)7-4-19-5-11(7)20(17,18)6-1-2-8(10-3-6)12(15)16/h1-3,7H,4-5H2,(H,13,14)/t7-/m0/s1. The van der Waals surface area contributed by atoms with Crippen LogP contribution in [0.2, 0.25) is 0 Å². The molecule has 0 bridgehead atoms. The third kappa shape index (κ3) is 2.59. The Morgan fingerprint density at radius 1 is 1.55 bits per heavy atom. The summed E-state index contributed by atoms with van der Waals surface area (Å²) in [7, 11) is -4.03. The van der Waals surface area contributed by atoms with Gasteiger partial charge in [-0.25, -0.2) is 8.42 Å². The lowest BCUT2D eigenvalue weighted by Crippen LogP contribution is -2.41. The summed E-state index contributed by atoms with van der Waals surface area (Å²) in [5, 5.41) is 19.4. The number of aromatic nitrogens is 1. The molecular weight excluding hydrogens is 310 g/mol. The first-order chi connectivity index (χ1) is 9.34. The van der Waals surface area contributed by atoms with Crippen LogP contribution in [-0.4, -0.2) is 51.4 Å². The van der Waals surface area contributed by atoms with E-state index in [1.165, 1.54) is 11.8 Å². The van der Waals surface area contributed by atoms with E-state index in [1.807, 2.05) is 0 Å². The summed E-state index contributed by atoms with van der Waals surface area (Å²) in [5.74, 6) is -1.52. The number of nitrogens with zero attached hydrogens (tertiary/aromatic N) is 3. The molecule has 0 unspecified atom stereocenters. The van der Waals surface area contributed by atoms with Crippen LogP contribution in [0.25, 0.3) is 0 Å². The molecule has 1 saturated heterocycles. The number of nitro groups is 1. The number of sulfonamides is 1. The average molecular weight is 319 g/mol. The Hall–Kier alpha value is -1.72. The van der Waals surface area contributed by atoms with Crippen LogP contribution in [0.1, 0.15) is 0 Å². The van der Waals surface area contributed by atoms with Crippen LogP contribution in [0.3, 0.4) is 0 Å². The maximum absolute atomic E-state index is 12.3. The zero-order chi connectivity index (χ0) is 14.9. The van der Waals surface area contributed by atoms with Crippen molar-refractivity contribution in [2.45, 2.75) is 10.9 Å².